The van der Waals surface area contributed by atoms with Gasteiger partial charge >= 0.3 is 6.09 Å². The van der Waals surface area contributed by atoms with E-state index < -0.39 is 17.2 Å². The Morgan fingerprint density at radius 3 is 2.07 bits per heavy atom. The molecule has 7 rings (SSSR count). The maximum absolute atomic E-state index is 13.8. The molecule has 14 nitrogen and oxygen atoms in total. The molecule has 55 heavy (non-hydrogen) atoms. The highest BCUT2D eigenvalue weighted by atomic mass is 19.1. The lowest BCUT2D eigenvalue weighted by molar-refractivity contribution is -0.108. The Hall–Kier alpha value is -5.77. The van der Waals surface area contributed by atoms with Crippen molar-refractivity contribution in [3.63, 3.8) is 0 Å². The van der Waals surface area contributed by atoms with Crippen LogP contribution in [0.5, 0.6) is 11.5 Å². The Morgan fingerprint density at radius 2 is 1.45 bits per heavy atom. The molecule has 0 spiro atoms. The first-order valence-corrected chi connectivity index (χ1v) is 18.1. The van der Waals surface area contributed by atoms with Gasteiger partial charge in [0, 0.05) is 69.0 Å². The van der Waals surface area contributed by atoms with Crippen molar-refractivity contribution >= 4 is 34.4 Å². The number of fused-ring (bicyclic) bond motifs is 3. The molecule has 5 aromatic heterocycles. The highest BCUT2D eigenvalue weighted by Crippen LogP contribution is 2.30. The van der Waals surface area contributed by atoms with Gasteiger partial charge in [-0.2, -0.15) is 0 Å². The van der Waals surface area contributed by atoms with Crippen molar-refractivity contribution in [2.75, 3.05) is 32.8 Å². The zero-order valence-electron chi connectivity index (χ0n) is 31.0. The summed E-state index contributed by atoms with van der Waals surface area (Å²) < 4.78 is 46.8. The predicted molar refractivity (Wildman–Crippen MR) is 199 cm³/mol. The molecule has 0 saturated carbocycles. The molecule has 0 atom stereocenters. The van der Waals surface area contributed by atoms with Gasteiger partial charge in [0.25, 0.3) is 11.1 Å². The zero-order valence-corrected chi connectivity index (χ0v) is 31.0. The van der Waals surface area contributed by atoms with Crippen LogP contribution < -0.4 is 20.6 Å². The summed E-state index contributed by atoms with van der Waals surface area (Å²) in [5, 5.41) is 0. The highest BCUT2D eigenvalue weighted by Gasteiger charge is 2.32. The second-order valence-electron chi connectivity index (χ2n) is 14.2. The molecule has 1 fully saturated rings. The van der Waals surface area contributed by atoms with Gasteiger partial charge in [-0.25, -0.2) is 13.6 Å². The van der Waals surface area contributed by atoms with Crippen molar-refractivity contribution < 1.29 is 32.6 Å². The lowest BCUT2D eigenvalue weighted by Crippen LogP contribution is -2.49. The summed E-state index contributed by atoms with van der Waals surface area (Å²) in [6, 6.07) is 10.2. The first-order valence-electron chi connectivity index (χ1n) is 18.1. The molecule has 0 radical (unpaired) electrons. The number of pyridine rings is 5. The summed E-state index contributed by atoms with van der Waals surface area (Å²) in [4.78, 5) is 64.1. The van der Waals surface area contributed by atoms with E-state index in [1.54, 1.807) is 21.7 Å². The summed E-state index contributed by atoms with van der Waals surface area (Å²) in [5.41, 5.74) is 1.42. The third-order valence-corrected chi connectivity index (χ3v) is 9.16. The fraction of sp³-hybridized carbons (Fsp3) is 0.410. The summed E-state index contributed by atoms with van der Waals surface area (Å²) in [7, 11) is 0. The topological polar surface area (TPSA) is 151 Å². The van der Waals surface area contributed by atoms with E-state index in [0.717, 1.165) is 44.7 Å². The molecule has 0 N–H and O–H groups in total. The number of hydrogen-bond donors (Lipinski definition) is 0. The molecule has 5 aromatic rings. The molecule has 2 aliphatic heterocycles. The minimum Gasteiger partial charge on any atom is -0.489 e. The van der Waals surface area contributed by atoms with Crippen molar-refractivity contribution in [1.82, 2.24) is 33.9 Å². The summed E-state index contributed by atoms with van der Waals surface area (Å²) in [5.74, 6) is 0.244. The van der Waals surface area contributed by atoms with Crippen molar-refractivity contribution in [3.8, 4) is 11.5 Å². The molecule has 0 aromatic carbocycles. The summed E-state index contributed by atoms with van der Waals surface area (Å²) in [6.07, 6.45) is 6.37. The van der Waals surface area contributed by atoms with Crippen LogP contribution in [-0.4, -0.2) is 90.8 Å². The molecule has 290 valence electrons. The number of likely N-dealkylation sites (tertiary alicyclic amines) is 1. The van der Waals surface area contributed by atoms with Crippen LogP contribution in [0.3, 0.4) is 0 Å². The Bertz CT molecular complexity index is 2280. The van der Waals surface area contributed by atoms with E-state index >= 15 is 0 Å². The Balaban J connectivity index is 0.000000286. The third kappa shape index (κ3) is 9.86. The van der Waals surface area contributed by atoms with E-state index in [4.69, 9.17) is 14.2 Å². The van der Waals surface area contributed by atoms with Crippen LogP contribution in [0.1, 0.15) is 45.7 Å². The molecule has 16 heteroatoms. The van der Waals surface area contributed by atoms with Crippen molar-refractivity contribution in [2.24, 2.45) is 0 Å². The number of aldehydes is 1. The van der Waals surface area contributed by atoms with Gasteiger partial charge in [0.15, 0.2) is 11.5 Å². The van der Waals surface area contributed by atoms with Gasteiger partial charge in [0.1, 0.15) is 23.5 Å². The molecule has 0 unspecified atom stereocenters. The van der Waals surface area contributed by atoms with Gasteiger partial charge in [-0.05, 0) is 45.7 Å². The molecule has 2 aliphatic rings. The Morgan fingerprint density at radius 1 is 0.855 bits per heavy atom. The fourth-order valence-electron chi connectivity index (χ4n) is 6.51. The Labute approximate surface area is 315 Å². The molecular weight excluding hydrogens is 716 g/mol. The van der Waals surface area contributed by atoms with Crippen molar-refractivity contribution in [2.45, 2.75) is 71.3 Å². The fourth-order valence-corrected chi connectivity index (χ4v) is 6.51. The highest BCUT2D eigenvalue weighted by molar-refractivity contribution is 5.75. The van der Waals surface area contributed by atoms with Gasteiger partial charge in [-0.1, -0.05) is 0 Å². The zero-order chi connectivity index (χ0) is 39.1. The number of rotatable bonds is 8. The van der Waals surface area contributed by atoms with E-state index in [1.165, 1.54) is 34.9 Å². The maximum Gasteiger partial charge on any atom is 0.410 e. The largest absolute Gasteiger partial charge is 0.489 e. The average Bonchev–Trinajstić information content (AvgIpc) is 3.40. The molecule has 0 aliphatic carbocycles. The van der Waals surface area contributed by atoms with Gasteiger partial charge in [-0.3, -0.25) is 34.0 Å². The number of amides is 1. The maximum atomic E-state index is 13.8. The first kappa shape index (κ1) is 38.9. The normalized spacial score (nSPS) is 14.9. The number of piperidine rings is 1. The van der Waals surface area contributed by atoms with E-state index in [1.807, 2.05) is 26.8 Å². The van der Waals surface area contributed by atoms with Crippen LogP contribution >= 0.6 is 0 Å². The minimum atomic E-state index is -0.631. The van der Waals surface area contributed by atoms with Gasteiger partial charge in [0.2, 0.25) is 0 Å². The molecule has 7 heterocycles. The molecular formula is C39H43F2N7O7. The number of hydrogen-bond acceptors (Lipinski definition) is 11. The SMILES string of the molecule is CC(C)(C)OC(=O)N(Cc1cc2c(cn1)OCCCO2)C1CCN(CCn2c(=O)ccc3ncc(F)cc32)CC1.O=CCn1c(=O)ccc2ncc(F)cc21. The van der Waals surface area contributed by atoms with E-state index in [0.29, 0.717) is 78.4 Å². The van der Waals surface area contributed by atoms with Crippen LogP contribution in [0.15, 0.2) is 70.6 Å². The Kier molecular flexibility index (Phi) is 12.1. The van der Waals surface area contributed by atoms with Crippen LogP contribution in [-0.2, 0) is 29.2 Å². The van der Waals surface area contributed by atoms with E-state index in [9.17, 15) is 28.0 Å². The second kappa shape index (κ2) is 17.1. The van der Waals surface area contributed by atoms with Crippen LogP contribution in [0.25, 0.3) is 22.1 Å². The van der Waals surface area contributed by atoms with E-state index in [2.05, 4.69) is 19.9 Å². The van der Waals surface area contributed by atoms with Crippen molar-refractivity contribution in [3.05, 3.63) is 99.1 Å². The quantitative estimate of drug-likeness (QED) is 0.202. The summed E-state index contributed by atoms with van der Waals surface area (Å²) in [6.45, 7) is 9.44. The van der Waals surface area contributed by atoms with Crippen LogP contribution in [0.2, 0.25) is 0 Å². The number of halogens is 2. The number of nitrogens with zero attached hydrogens (tertiary/aromatic N) is 7. The monoisotopic (exact) mass is 759 g/mol. The first-order chi connectivity index (χ1) is 26.4. The minimum absolute atomic E-state index is 0.0394. The van der Waals surface area contributed by atoms with Gasteiger partial charge < -0.3 is 28.5 Å². The molecule has 1 amide bonds. The summed E-state index contributed by atoms with van der Waals surface area (Å²) >= 11 is 0. The average molecular weight is 760 g/mol. The van der Waals surface area contributed by atoms with Gasteiger partial charge in [-0.15, -0.1) is 0 Å². The number of ether oxygens (including phenoxy) is 3. The van der Waals surface area contributed by atoms with Crippen LogP contribution in [0, 0.1) is 11.6 Å². The number of carbonyl (C=O) groups excluding carboxylic acids is 2. The standard InChI is InChI=1S/C29H36FN5O5.C10H7FN2O2/c1-29(2,3)40-28(37)35(19-21-16-25-26(18-31-21)39-14-4-13-38-25)22-7-9-33(10-8-22)11-12-34-24-15-20(30)17-32-23(24)5-6-27(34)36;11-7-5-9-8(12-6-7)1-2-10(15)13(9)3-4-14/h5-6,15-18,22H,4,7-14,19H2,1-3H3;1-2,4-6H,3H2. The molecule has 1 saturated heterocycles. The third-order valence-electron chi connectivity index (χ3n) is 9.16. The lowest BCUT2D eigenvalue weighted by atomic mass is 10.0. The van der Waals surface area contributed by atoms with Crippen molar-refractivity contribution in [1.29, 1.82) is 0 Å². The van der Waals surface area contributed by atoms with Gasteiger partial charge in [0.05, 0.1) is 72.7 Å². The number of carbonyl (C=O) groups is 2. The lowest BCUT2D eigenvalue weighted by Gasteiger charge is -2.39. The predicted octanol–water partition coefficient (Wildman–Crippen LogP) is 4.73. The number of aromatic nitrogens is 5. The van der Waals surface area contributed by atoms with Crippen LogP contribution in [0.4, 0.5) is 13.6 Å². The smallest absolute Gasteiger partial charge is 0.410 e. The molecule has 0 bridgehead atoms. The van der Waals surface area contributed by atoms with E-state index in [-0.39, 0.29) is 29.8 Å². The second-order valence-corrected chi connectivity index (χ2v) is 14.2.